The van der Waals surface area contributed by atoms with Crippen molar-refractivity contribution in [3.05, 3.63) is 34.3 Å². The molecule has 108 valence electrons. The van der Waals surface area contributed by atoms with E-state index < -0.39 is 11.5 Å². The molecule has 20 heavy (non-hydrogen) atoms. The van der Waals surface area contributed by atoms with Gasteiger partial charge in [0.2, 0.25) is 5.91 Å². The van der Waals surface area contributed by atoms with E-state index >= 15 is 0 Å². The summed E-state index contributed by atoms with van der Waals surface area (Å²) >= 11 is 3.37. The quantitative estimate of drug-likeness (QED) is 0.917. The molecule has 4 nitrogen and oxygen atoms in total. The van der Waals surface area contributed by atoms with Gasteiger partial charge in [0.05, 0.1) is 0 Å². The van der Waals surface area contributed by atoms with Gasteiger partial charge >= 0.3 is 5.97 Å². The van der Waals surface area contributed by atoms with E-state index in [-0.39, 0.29) is 5.91 Å². The number of nitrogens with zero attached hydrogens (tertiary/aromatic N) is 1. The molecule has 1 heterocycles. The third-order valence-electron chi connectivity index (χ3n) is 3.94. The zero-order valence-electron chi connectivity index (χ0n) is 11.4. The fourth-order valence-corrected chi connectivity index (χ4v) is 2.89. The minimum absolute atomic E-state index is 0.0738. The number of aliphatic carboxylic acids is 1. The number of carboxylic acids is 1. The average molecular weight is 340 g/mol. The molecule has 1 aromatic carbocycles. The number of carbonyl (C=O) groups excluding carboxylic acids is 1. The summed E-state index contributed by atoms with van der Waals surface area (Å²) in [7, 11) is 0. The molecule has 2 rings (SSSR count). The van der Waals surface area contributed by atoms with Crippen molar-refractivity contribution < 1.29 is 14.7 Å². The van der Waals surface area contributed by atoms with Gasteiger partial charge in [-0.15, -0.1) is 0 Å². The Balaban J connectivity index is 1.98. The van der Waals surface area contributed by atoms with Crippen LogP contribution in [0.25, 0.3) is 0 Å². The monoisotopic (exact) mass is 339 g/mol. The van der Waals surface area contributed by atoms with Crippen molar-refractivity contribution in [2.45, 2.75) is 38.1 Å². The number of hydrogen-bond acceptors (Lipinski definition) is 2. The van der Waals surface area contributed by atoms with Crippen LogP contribution < -0.4 is 0 Å². The number of hydrogen-bond donors (Lipinski definition) is 1. The lowest BCUT2D eigenvalue weighted by Gasteiger charge is -2.31. The summed E-state index contributed by atoms with van der Waals surface area (Å²) in [6, 6.07) is 7.82. The van der Waals surface area contributed by atoms with Gasteiger partial charge in [0.1, 0.15) is 5.54 Å². The molecular weight excluding hydrogens is 322 g/mol. The Bertz CT molecular complexity index is 514. The van der Waals surface area contributed by atoms with Crippen molar-refractivity contribution in [3.63, 3.8) is 0 Å². The minimum atomic E-state index is -1.03. The van der Waals surface area contributed by atoms with Crippen molar-refractivity contribution in [2.75, 3.05) is 6.54 Å². The Hall–Kier alpha value is -1.36. The van der Waals surface area contributed by atoms with Crippen LogP contribution in [-0.2, 0) is 16.0 Å². The SMILES string of the molecule is CC1(C(=O)O)CCCN1C(=O)CCc1ccc(Br)cc1. The molecule has 1 amide bonds. The molecule has 0 saturated carbocycles. The zero-order valence-corrected chi connectivity index (χ0v) is 13.0. The molecule has 1 aliphatic heterocycles. The van der Waals surface area contributed by atoms with Crippen molar-refractivity contribution in [3.8, 4) is 0 Å². The van der Waals surface area contributed by atoms with E-state index in [9.17, 15) is 14.7 Å². The molecule has 1 saturated heterocycles. The van der Waals surface area contributed by atoms with Crippen molar-refractivity contribution in [1.29, 1.82) is 0 Å². The van der Waals surface area contributed by atoms with Crippen LogP contribution >= 0.6 is 15.9 Å². The number of halogens is 1. The first-order valence-electron chi connectivity index (χ1n) is 6.72. The molecule has 1 fully saturated rings. The highest BCUT2D eigenvalue weighted by Gasteiger charge is 2.45. The molecule has 0 aliphatic carbocycles. The Morgan fingerprint density at radius 1 is 1.35 bits per heavy atom. The number of benzene rings is 1. The zero-order chi connectivity index (χ0) is 14.8. The third kappa shape index (κ3) is 3.03. The first-order chi connectivity index (χ1) is 9.43. The Morgan fingerprint density at radius 3 is 2.60 bits per heavy atom. The predicted octanol–water partition coefficient (Wildman–Crippen LogP) is 2.85. The minimum Gasteiger partial charge on any atom is -0.480 e. The highest BCUT2D eigenvalue weighted by molar-refractivity contribution is 9.10. The number of aryl methyl sites for hydroxylation is 1. The van der Waals surface area contributed by atoms with Crippen LogP contribution in [0.5, 0.6) is 0 Å². The second-order valence-electron chi connectivity index (χ2n) is 5.35. The fraction of sp³-hybridized carbons (Fsp3) is 0.467. The lowest BCUT2D eigenvalue weighted by Crippen LogP contribution is -2.50. The Morgan fingerprint density at radius 2 is 2.00 bits per heavy atom. The van der Waals surface area contributed by atoms with E-state index in [1.54, 1.807) is 6.92 Å². The maximum absolute atomic E-state index is 12.3. The first-order valence-corrected chi connectivity index (χ1v) is 7.51. The van der Waals surface area contributed by atoms with E-state index in [0.717, 1.165) is 16.5 Å². The lowest BCUT2D eigenvalue weighted by atomic mass is 9.98. The molecule has 1 aliphatic rings. The van der Waals surface area contributed by atoms with Crippen LogP contribution in [0.4, 0.5) is 0 Å². The van der Waals surface area contributed by atoms with Crippen LogP contribution in [0.15, 0.2) is 28.7 Å². The topological polar surface area (TPSA) is 57.6 Å². The second kappa shape index (κ2) is 5.95. The third-order valence-corrected chi connectivity index (χ3v) is 4.47. The van der Waals surface area contributed by atoms with Crippen LogP contribution in [0, 0.1) is 0 Å². The van der Waals surface area contributed by atoms with E-state index in [0.29, 0.717) is 25.8 Å². The normalized spacial score (nSPS) is 22.0. The summed E-state index contributed by atoms with van der Waals surface area (Å²) in [5, 5.41) is 9.31. The summed E-state index contributed by atoms with van der Waals surface area (Å²) in [6.45, 7) is 2.18. The van der Waals surface area contributed by atoms with Crippen LogP contribution in [0.2, 0.25) is 0 Å². The van der Waals surface area contributed by atoms with Crippen LogP contribution in [0.1, 0.15) is 31.7 Å². The Kier molecular flexibility index (Phi) is 4.48. The van der Waals surface area contributed by atoms with Gasteiger partial charge in [0, 0.05) is 17.4 Å². The molecule has 1 atom stereocenters. The summed E-state index contributed by atoms with van der Waals surface area (Å²) in [5.74, 6) is -0.984. The molecule has 0 bridgehead atoms. The molecule has 5 heteroatoms. The van der Waals surface area contributed by atoms with Gasteiger partial charge < -0.3 is 10.0 Å². The number of carbonyl (C=O) groups is 2. The molecule has 1 aromatic rings. The van der Waals surface area contributed by atoms with Crippen molar-refractivity contribution in [1.82, 2.24) is 4.90 Å². The molecule has 1 N–H and O–H groups in total. The number of amides is 1. The summed E-state index contributed by atoms with van der Waals surface area (Å²) in [4.78, 5) is 25.1. The van der Waals surface area contributed by atoms with Crippen molar-refractivity contribution >= 4 is 27.8 Å². The van der Waals surface area contributed by atoms with Gasteiger partial charge in [-0.3, -0.25) is 4.79 Å². The molecular formula is C15H18BrNO3. The predicted molar refractivity (Wildman–Crippen MR) is 79.5 cm³/mol. The van der Waals surface area contributed by atoms with Crippen molar-refractivity contribution in [2.24, 2.45) is 0 Å². The Labute approximate surface area is 126 Å². The molecule has 0 aromatic heterocycles. The van der Waals surface area contributed by atoms with Gasteiger partial charge in [-0.2, -0.15) is 0 Å². The summed E-state index contributed by atoms with van der Waals surface area (Å²) in [5.41, 5.74) is 0.0503. The van der Waals surface area contributed by atoms with Gasteiger partial charge in [-0.25, -0.2) is 4.79 Å². The smallest absolute Gasteiger partial charge is 0.329 e. The molecule has 0 radical (unpaired) electrons. The van der Waals surface area contributed by atoms with E-state index in [2.05, 4.69) is 15.9 Å². The summed E-state index contributed by atoms with van der Waals surface area (Å²) in [6.07, 6.45) is 2.28. The van der Waals surface area contributed by atoms with Gasteiger partial charge in [-0.05, 0) is 43.9 Å². The van der Waals surface area contributed by atoms with Gasteiger partial charge in [0.25, 0.3) is 0 Å². The number of carboxylic acid groups (broad SMARTS) is 1. The van der Waals surface area contributed by atoms with Crippen LogP contribution in [-0.4, -0.2) is 34.0 Å². The maximum Gasteiger partial charge on any atom is 0.329 e. The fourth-order valence-electron chi connectivity index (χ4n) is 2.62. The van der Waals surface area contributed by atoms with Gasteiger partial charge in [-0.1, -0.05) is 28.1 Å². The molecule has 1 unspecified atom stereocenters. The molecule has 0 spiro atoms. The largest absolute Gasteiger partial charge is 0.480 e. The lowest BCUT2D eigenvalue weighted by molar-refractivity contribution is -0.155. The number of likely N-dealkylation sites (tertiary alicyclic amines) is 1. The second-order valence-corrected chi connectivity index (χ2v) is 6.27. The highest BCUT2D eigenvalue weighted by Crippen LogP contribution is 2.30. The summed E-state index contributed by atoms with van der Waals surface area (Å²) < 4.78 is 1.01. The number of rotatable bonds is 4. The highest BCUT2D eigenvalue weighted by atomic mass is 79.9. The maximum atomic E-state index is 12.3. The van der Waals surface area contributed by atoms with E-state index in [1.807, 2.05) is 24.3 Å². The van der Waals surface area contributed by atoms with E-state index in [4.69, 9.17) is 0 Å². The first kappa shape index (κ1) is 15.0. The van der Waals surface area contributed by atoms with Crippen LogP contribution in [0.3, 0.4) is 0 Å². The average Bonchev–Trinajstić information content (AvgIpc) is 2.81. The van der Waals surface area contributed by atoms with E-state index in [1.165, 1.54) is 4.90 Å². The van der Waals surface area contributed by atoms with Gasteiger partial charge in [0.15, 0.2) is 0 Å². The standard InChI is InChI=1S/C15H18BrNO3/c1-15(14(19)20)9-2-10-17(15)13(18)8-5-11-3-6-12(16)7-4-11/h3-4,6-7H,2,5,8-10H2,1H3,(H,19,20).